The number of aromatic nitrogens is 2. The van der Waals surface area contributed by atoms with E-state index >= 15 is 0 Å². The van der Waals surface area contributed by atoms with Gasteiger partial charge in [-0.25, -0.2) is 0 Å². The molecule has 16 heavy (non-hydrogen) atoms. The third-order valence-electron chi connectivity index (χ3n) is 1.47. The van der Waals surface area contributed by atoms with Gasteiger partial charge in [0.1, 0.15) is 13.2 Å². The standard InChI is InChI=1S/C8H9N5O3/c1-5-11-7(16-12-5)4-10-8(14)6(3-9)13-15-2/h4H2,1-2H3,(H,10,14). The van der Waals surface area contributed by atoms with Crippen molar-refractivity contribution in [1.29, 1.82) is 5.26 Å². The van der Waals surface area contributed by atoms with Crippen LogP contribution in [0.2, 0.25) is 0 Å². The quantitative estimate of drug-likeness (QED) is 0.544. The summed E-state index contributed by atoms with van der Waals surface area (Å²) in [5.41, 5.74) is -0.376. The van der Waals surface area contributed by atoms with Gasteiger partial charge in [0.2, 0.25) is 11.6 Å². The highest BCUT2D eigenvalue weighted by Gasteiger charge is 2.12. The number of carbonyl (C=O) groups excluding carboxylic acids is 1. The second-order valence-electron chi connectivity index (χ2n) is 2.65. The molecular formula is C8H9N5O3. The van der Waals surface area contributed by atoms with Crippen LogP contribution in [0.1, 0.15) is 11.7 Å². The molecular weight excluding hydrogens is 214 g/mol. The number of carbonyl (C=O) groups is 1. The van der Waals surface area contributed by atoms with Crippen LogP contribution < -0.4 is 5.32 Å². The summed E-state index contributed by atoms with van der Waals surface area (Å²) in [4.78, 5) is 19.5. The maximum Gasteiger partial charge on any atom is 0.284 e. The van der Waals surface area contributed by atoms with Gasteiger partial charge in [0.25, 0.3) is 5.91 Å². The van der Waals surface area contributed by atoms with Crippen molar-refractivity contribution < 1.29 is 14.2 Å². The minimum atomic E-state index is -0.666. The summed E-state index contributed by atoms with van der Waals surface area (Å²) in [5.74, 6) is 0.0519. The molecule has 1 N–H and O–H groups in total. The minimum absolute atomic E-state index is 0.0318. The Bertz CT molecular complexity index is 445. The summed E-state index contributed by atoms with van der Waals surface area (Å²) in [6.45, 7) is 1.69. The van der Waals surface area contributed by atoms with Crippen LogP contribution in [0, 0.1) is 18.3 Å². The van der Waals surface area contributed by atoms with Crippen molar-refractivity contribution in [1.82, 2.24) is 15.5 Å². The van der Waals surface area contributed by atoms with E-state index in [9.17, 15) is 4.79 Å². The molecule has 0 aliphatic carbocycles. The third-order valence-corrected chi connectivity index (χ3v) is 1.47. The summed E-state index contributed by atoms with van der Waals surface area (Å²) in [7, 11) is 1.24. The predicted octanol–water partition coefficient (Wildman–Crippen LogP) is -0.480. The van der Waals surface area contributed by atoms with E-state index in [-0.39, 0.29) is 18.1 Å². The number of aryl methyl sites for hydroxylation is 1. The lowest BCUT2D eigenvalue weighted by Crippen LogP contribution is -2.30. The van der Waals surface area contributed by atoms with Crippen molar-refractivity contribution in [3.8, 4) is 6.07 Å². The van der Waals surface area contributed by atoms with Crippen LogP contribution in [0.5, 0.6) is 0 Å². The second kappa shape index (κ2) is 5.45. The van der Waals surface area contributed by atoms with Gasteiger partial charge in [0, 0.05) is 0 Å². The first-order valence-corrected chi connectivity index (χ1v) is 4.26. The Morgan fingerprint density at radius 3 is 3.00 bits per heavy atom. The lowest BCUT2D eigenvalue weighted by atomic mass is 10.4. The summed E-state index contributed by atoms with van der Waals surface area (Å²) in [6.07, 6.45) is 0. The molecule has 0 atom stereocenters. The smallest absolute Gasteiger partial charge is 0.284 e. The molecule has 1 aromatic heterocycles. The first kappa shape index (κ1) is 11.6. The Morgan fingerprint density at radius 2 is 2.50 bits per heavy atom. The number of nitrogens with zero attached hydrogens (tertiary/aromatic N) is 4. The van der Waals surface area contributed by atoms with E-state index < -0.39 is 5.91 Å². The highest BCUT2D eigenvalue weighted by molar-refractivity contribution is 6.44. The minimum Gasteiger partial charge on any atom is -0.398 e. The number of rotatable bonds is 4. The van der Waals surface area contributed by atoms with Gasteiger partial charge in [-0.15, -0.1) is 0 Å². The molecule has 0 aliphatic rings. The van der Waals surface area contributed by atoms with E-state index in [4.69, 9.17) is 9.78 Å². The molecule has 0 spiro atoms. The molecule has 8 nitrogen and oxygen atoms in total. The molecule has 8 heteroatoms. The molecule has 0 saturated heterocycles. The van der Waals surface area contributed by atoms with Gasteiger partial charge in [0.05, 0.1) is 6.54 Å². The summed E-state index contributed by atoms with van der Waals surface area (Å²) < 4.78 is 4.76. The molecule has 1 aromatic rings. The molecule has 0 bridgehead atoms. The molecule has 0 aromatic carbocycles. The Morgan fingerprint density at radius 1 is 1.75 bits per heavy atom. The van der Waals surface area contributed by atoms with Gasteiger partial charge >= 0.3 is 0 Å². The zero-order valence-electron chi connectivity index (χ0n) is 8.72. The summed E-state index contributed by atoms with van der Waals surface area (Å²) >= 11 is 0. The Hall–Kier alpha value is -2.43. The fraction of sp³-hybridized carbons (Fsp3) is 0.375. The van der Waals surface area contributed by atoms with Gasteiger partial charge in [-0.05, 0) is 6.92 Å². The van der Waals surface area contributed by atoms with Crippen molar-refractivity contribution >= 4 is 11.6 Å². The van der Waals surface area contributed by atoms with Gasteiger partial charge < -0.3 is 14.7 Å². The number of nitriles is 1. The van der Waals surface area contributed by atoms with E-state index in [0.717, 1.165) is 0 Å². The van der Waals surface area contributed by atoms with E-state index in [1.54, 1.807) is 13.0 Å². The van der Waals surface area contributed by atoms with Crippen LogP contribution in [-0.4, -0.2) is 28.9 Å². The monoisotopic (exact) mass is 223 g/mol. The molecule has 1 heterocycles. The largest absolute Gasteiger partial charge is 0.398 e. The van der Waals surface area contributed by atoms with E-state index in [0.29, 0.717) is 5.82 Å². The van der Waals surface area contributed by atoms with Crippen LogP contribution in [0.15, 0.2) is 9.68 Å². The molecule has 1 amide bonds. The molecule has 1 rings (SSSR count). The van der Waals surface area contributed by atoms with Crippen molar-refractivity contribution in [3.63, 3.8) is 0 Å². The van der Waals surface area contributed by atoms with Crippen LogP contribution >= 0.6 is 0 Å². The third kappa shape index (κ3) is 3.06. The number of oxime groups is 1. The van der Waals surface area contributed by atoms with E-state index in [1.807, 2.05) is 0 Å². The zero-order valence-corrected chi connectivity index (χ0v) is 8.72. The Labute approximate surface area is 90.9 Å². The molecule has 0 fully saturated rings. The molecule has 0 unspecified atom stereocenters. The molecule has 0 saturated carbocycles. The van der Waals surface area contributed by atoms with E-state index in [2.05, 4.69) is 25.5 Å². The van der Waals surface area contributed by atoms with Gasteiger partial charge in [0.15, 0.2) is 5.82 Å². The average molecular weight is 223 g/mol. The Kier molecular flexibility index (Phi) is 3.97. The Balaban J connectivity index is 2.53. The van der Waals surface area contributed by atoms with Gasteiger partial charge in [-0.3, -0.25) is 4.79 Å². The summed E-state index contributed by atoms with van der Waals surface area (Å²) in [5, 5.41) is 17.7. The lowest BCUT2D eigenvalue weighted by molar-refractivity contribution is -0.115. The highest BCUT2D eigenvalue weighted by Crippen LogP contribution is 1.94. The fourth-order valence-electron chi connectivity index (χ4n) is 0.855. The van der Waals surface area contributed by atoms with Crippen LogP contribution in [0.25, 0.3) is 0 Å². The fourth-order valence-corrected chi connectivity index (χ4v) is 0.855. The van der Waals surface area contributed by atoms with E-state index in [1.165, 1.54) is 7.11 Å². The first-order chi connectivity index (χ1) is 7.67. The van der Waals surface area contributed by atoms with Crippen LogP contribution in [0.3, 0.4) is 0 Å². The van der Waals surface area contributed by atoms with Crippen molar-refractivity contribution in [2.45, 2.75) is 13.5 Å². The topological polar surface area (TPSA) is 113 Å². The lowest BCUT2D eigenvalue weighted by Gasteiger charge is -1.98. The van der Waals surface area contributed by atoms with Gasteiger partial charge in [-0.1, -0.05) is 10.3 Å². The number of nitrogens with one attached hydrogen (secondary N) is 1. The highest BCUT2D eigenvalue weighted by atomic mass is 16.6. The van der Waals surface area contributed by atoms with Crippen molar-refractivity contribution in [2.24, 2.45) is 5.16 Å². The van der Waals surface area contributed by atoms with Crippen molar-refractivity contribution in [2.75, 3.05) is 7.11 Å². The normalized spacial score (nSPS) is 10.7. The molecule has 0 aliphatic heterocycles. The van der Waals surface area contributed by atoms with Crippen LogP contribution in [-0.2, 0) is 16.2 Å². The number of amides is 1. The zero-order chi connectivity index (χ0) is 12.0. The van der Waals surface area contributed by atoms with Crippen LogP contribution in [0.4, 0.5) is 0 Å². The maximum absolute atomic E-state index is 11.3. The molecule has 0 radical (unpaired) electrons. The predicted molar refractivity (Wildman–Crippen MR) is 50.9 cm³/mol. The van der Waals surface area contributed by atoms with Gasteiger partial charge in [-0.2, -0.15) is 10.2 Å². The number of hydrogen-bond donors (Lipinski definition) is 1. The first-order valence-electron chi connectivity index (χ1n) is 4.26. The molecule has 84 valence electrons. The maximum atomic E-state index is 11.3. The second-order valence-corrected chi connectivity index (χ2v) is 2.65. The average Bonchev–Trinajstić information content (AvgIpc) is 2.68. The van der Waals surface area contributed by atoms with Crippen molar-refractivity contribution in [3.05, 3.63) is 11.7 Å². The SMILES string of the molecule is CON=C(C#N)C(=O)NCc1nc(C)no1. The number of hydrogen-bond acceptors (Lipinski definition) is 7. The summed E-state index contributed by atoms with van der Waals surface area (Å²) in [6, 6.07) is 1.59.